The highest BCUT2D eigenvalue weighted by Crippen LogP contribution is 2.46. The summed E-state index contributed by atoms with van der Waals surface area (Å²) in [5, 5.41) is -7.56. The topological polar surface area (TPSA) is 13.1 Å². The van der Waals surface area contributed by atoms with Crippen LogP contribution < -0.4 is 0 Å². The van der Waals surface area contributed by atoms with E-state index in [4.69, 9.17) is 27.7 Å². The predicted molar refractivity (Wildman–Crippen MR) is 218 cm³/mol. The zero-order valence-electron chi connectivity index (χ0n) is 55.4. The van der Waals surface area contributed by atoms with Gasteiger partial charge in [-0.25, -0.2) is 0 Å². The van der Waals surface area contributed by atoms with E-state index in [0.717, 1.165) is 0 Å². The van der Waals surface area contributed by atoms with Crippen LogP contribution in [0, 0.1) is 0 Å². The van der Waals surface area contributed by atoms with Gasteiger partial charge in [0.25, 0.3) is 0 Å². The van der Waals surface area contributed by atoms with Crippen LogP contribution in [-0.2, 0) is 0 Å². The highest BCUT2D eigenvalue weighted by atomic mass is 16.3. The van der Waals surface area contributed by atoms with Crippen molar-refractivity contribution in [3.63, 3.8) is 0 Å². The van der Waals surface area contributed by atoms with Crippen LogP contribution in [0.15, 0.2) is 186 Å². The van der Waals surface area contributed by atoms with Gasteiger partial charge in [0.2, 0.25) is 0 Å². The summed E-state index contributed by atoms with van der Waals surface area (Å²) in [5.41, 5.74) is -5.87. The van der Waals surface area contributed by atoms with Gasteiger partial charge in [0, 0.05) is 10.8 Å². The molecular weight excluding hydrogens is 617 g/mol. The van der Waals surface area contributed by atoms with E-state index in [1.165, 1.54) is 0 Å². The summed E-state index contributed by atoms with van der Waals surface area (Å²) < 4.78 is 278. The second-order valence-corrected chi connectivity index (χ2v) is 11.3. The van der Waals surface area contributed by atoms with Gasteiger partial charge in [0.15, 0.2) is 0 Å². The maximum atomic E-state index is 9.96. The van der Waals surface area contributed by atoms with Gasteiger partial charge >= 0.3 is 0 Å². The number of fused-ring (bicyclic) bond motifs is 9. The molecule has 0 saturated carbocycles. The number of benzene rings is 10. The molecule has 11 rings (SSSR count). The van der Waals surface area contributed by atoms with E-state index in [1.807, 2.05) is 0 Å². The first-order valence-electron chi connectivity index (χ1n) is 30.2. The van der Waals surface area contributed by atoms with Gasteiger partial charge in [-0.1, -0.05) is 157 Å². The van der Waals surface area contributed by atoms with Gasteiger partial charge in [-0.15, -0.1) is 0 Å². The Kier molecular flexibility index (Phi) is 2.50. The lowest BCUT2D eigenvalue weighted by Crippen LogP contribution is -1.92. The normalized spacial score (nSPS) is 20.2. The molecule has 0 unspecified atom stereocenters. The van der Waals surface area contributed by atoms with Crippen LogP contribution in [0.5, 0.6) is 0 Å². The SMILES string of the molecule is [2H]c1c([2H])c(-c2c([2H])c([2H])c3c(oc4c([2H])c([2H])c5c([2H])c([2H])c([2H])c([2H])c5c43)c2[2H])c2c([2H])c([2H])c(-c3c4c([2H])c([2H])c([2H])c([2H])c4c(-c4c([2H])c([2H])c([2H])c5c([2H])c([2H])c([2H])c([2H])c45)c4c([2H])c([2H])c([2H])c([2H])c34)c([2H])c2c1[2H]. The molecule has 0 fully saturated rings. The van der Waals surface area contributed by atoms with Crippen LogP contribution in [0.2, 0.25) is 0 Å². The van der Waals surface area contributed by atoms with Gasteiger partial charge in [-0.3, -0.25) is 0 Å². The lowest BCUT2D eigenvalue weighted by Gasteiger charge is -2.19. The molecule has 51 heavy (non-hydrogen) atoms. The van der Waals surface area contributed by atoms with Crippen LogP contribution in [0.25, 0.3) is 109 Å². The molecule has 10 aromatic carbocycles. The summed E-state index contributed by atoms with van der Waals surface area (Å²) in [6, 6.07) is -28.0. The van der Waals surface area contributed by atoms with E-state index >= 15 is 0 Å². The molecule has 0 aliphatic heterocycles. The Labute approximate surface area is 336 Å². The molecule has 11 aromatic rings. The number of hydrogen-bond acceptors (Lipinski definition) is 1. The van der Waals surface area contributed by atoms with Crippen molar-refractivity contribution in [1.82, 2.24) is 0 Å². The molecule has 0 atom stereocenters. The number of furan rings is 1. The highest BCUT2D eigenvalue weighted by molar-refractivity contribution is 6.24. The van der Waals surface area contributed by atoms with Crippen LogP contribution in [-0.4, -0.2) is 0 Å². The second-order valence-electron chi connectivity index (χ2n) is 11.3. The third kappa shape index (κ3) is 4.22. The van der Waals surface area contributed by atoms with Gasteiger partial charge in [0.1, 0.15) is 11.2 Å². The minimum absolute atomic E-state index is 0.343. The first-order chi connectivity index (χ1) is 37.8. The quantitative estimate of drug-likeness (QED) is 0.170. The summed E-state index contributed by atoms with van der Waals surface area (Å²) >= 11 is 0. The molecule has 0 aliphatic carbocycles. The number of rotatable bonds is 3. The molecule has 0 spiro atoms. The first-order valence-corrected chi connectivity index (χ1v) is 15.2. The fourth-order valence-corrected chi connectivity index (χ4v) is 6.42. The molecule has 0 bridgehead atoms. The van der Waals surface area contributed by atoms with Crippen LogP contribution in [0.1, 0.15) is 41.1 Å². The standard InChI is InChI=1S/C50H30O/c1-3-15-36-31(11-1)13-9-22-40(36)49-43-19-7-5-17-41(43)48(42-18-6-8-20-44(42)49)35-24-26-38-33(29-35)14-10-21-37(38)34-23-27-45-47(30-34)51-46-28-25-32-12-2-4-16-39(32)50(45)46/h1-30H/i1D,2D,3D,4D,5D,6D,7D,8D,9D,10D,11D,12D,13D,14D,15D,16D,17D,18D,19D,20D,21D,22D,23D,24D,25D,26D,27D,28D,29D,30D. The molecule has 236 valence electrons. The molecular formula is C50H30O. The molecule has 0 aliphatic rings. The first kappa shape index (κ1) is 11.7. The molecule has 1 heteroatoms. The summed E-state index contributed by atoms with van der Waals surface area (Å²) in [7, 11) is 0. The molecule has 1 aromatic heterocycles. The van der Waals surface area contributed by atoms with Gasteiger partial charge in [-0.05, 0) is 111 Å². The minimum atomic E-state index is -1.12. The van der Waals surface area contributed by atoms with Crippen LogP contribution >= 0.6 is 0 Å². The van der Waals surface area contributed by atoms with Crippen molar-refractivity contribution in [3.8, 4) is 33.4 Å². The maximum Gasteiger partial charge on any atom is 0.136 e. The third-order valence-corrected chi connectivity index (χ3v) is 8.57. The lowest BCUT2D eigenvalue weighted by molar-refractivity contribution is 0.669. The Bertz CT molecular complexity index is 4840. The maximum absolute atomic E-state index is 9.96. The Morgan fingerprint density at radius 2 is 0.843 bits per heavy atom. The Morgan fingerprint density at radius 3 is 1.59 bits per heavy atom. The predicted octanol–water partition coefficient (Wildman–Crippen LogP) is 14.4. The smallest absolute Gasteiger partial charge is 0.136 e. The van der Waals surface area contributed by atoms with E-state index < -0.39 is 280 Å². The average molecular weight is 677 g/mol. The highest BCUT2D eigenvalue weighted by Gasteiger charge is 2.19. The minimum Gasteiger partial charge on any atom is -0.456 e. The van der Waals surface area contributed by atoms with Crippen molar-refractivity contribution in [3.05, 3.63) is 181 Å². The largest absolute Gasteiger partial charge is 0.456 e. The summed E-state index contributed by atoms with van der Waals surface area (Å²) in [4.78, 5) is 0. The summed E-state index contributed by atoms with van der Waals surface area (Å²) in [6.45, 7) is 0. The monoisotopic (exact) mass is 676 g/mol. The van der Waals surface area contributed by atoms with Crippen molar-refractivity contribution in [2.75, 3.05) is 0 Å². The van der Waals surface area contributed by atoms with Crippen molar-refractivity contribution in [2.24, 2.45) is 0 Å². The van der Waals surface area contributed by atoms with E-state index in [0.29, 0.717) is 0 Å². The zero-order chi connectivity index (χ0) is 59.6. The molecule has 0 saturated heterocycles. The van der Waals surface area contributed by atoms with Crippen LogP contribution in [0.3, 0.4) is 0 Å². The van der Waals surface area contributed by atoms with Gasteiger partial charge < -0.3 is 4.42 Å². The van der Waals surface area contributed by atoms with Crippen molar-refractivity contribution in [1.29, 1.82) is 0 Å². The fraction of sp³-hybridized carbons (Fsp3) is 0. The van der Waals surface area contributed by atoms with E-state index in [1.54, 1.807) is 0 Å². The lowest BCUT2D eigenvalue weighted by atomic mass is 9.84. The van der Waals surface area contributed by atoms with Gasteiger partial charge in [-0.2, -0.15) is 0 Å². The zero-order valence-corrected chi connectivity index (χ0v) is 25.4. The number of hydrogen-bond donors (Lipinski definition) is 0. The van der Waals surface area contributed by atoms with Crippen LogP contribution in [0.4, 0.5) is 0 Å². The van der Waals surface area contributed by atoms with E-state index in [-0.39, 0.29) is 10.8 Å². The van der Waals surface area contributed by atoms with E-state index in [2.05, 4.69) is 0 Å². The molecule has 0 radical (unpaired) electrons. The summed E-state index contributed by atoms with van der Waals surface area (Å²) in [6.07, 6.45) is 0. The van der Waals surface area contributed by atoms with E-state index in [9.17, 15) is 17.8 Å². The molecule has 1 nitrogen and oxygen atoms in total. The van der Waals surface area contributed by atoms with Gasteiger partial charge in [0.05, 0.1) is 41.1 Å². The van der Waals surface area contributed by atoms with Crippen molar-refractivity contribution < 1.29 is 45.5 Å². The fourth-order valence-electron chi connectivity index (χ4n) is 6.42. The molecule has 0 amide bonds. The Hall–Kier alpha value is -6.70. The van der Waals surface area contributed by atoms with Crippen molar-refractivity contribution in [2.45, 2.75) is 0 Å². The Morgan fingerprint density at radius 1 is 0.314 bits per heavy atom. The molecule has 0 N–H and O–H groups in total. The third-order valence-electron chi connectivity index (χ3n) is 8.57. The van der Waals surface area contributed by atoms with Crippen molar-refractivity contribution >= 4 is 75.8 Å². The molecule has 1 heterocycles. The average Bonchev–Trinajstić information content (AvgIpc) is 4.08. The summed E-state index contributed by atoms with van der Waals surface area (Å²) in [5.74, 6) is 0. The second kappa shape index (κ2) is 10.9. The Balaban J connectivity index is 1.36.